The fourth-order valence-corrected chi connectivity index (χ4v) is 27.3. The molecular weight excluding hydrogens is 951 g/mol. The molecule has 7 heteroatoms. The molecule has 0 radical (unpaired) electrons. The zero-order valence-corrected chi connectivity index (χ0v) is 47.0. The molecule has 1 aliphatic heterocycles. The number of aromatic nitrogens is 4. The number of H-pyrrole nitrogens is 2. The number of unbranched alkanes of at least 4 members (excludes halogenated alkanes) is 2. The van der Waals surface area contributed by atoms with Gasteiger partial charge in [-0.05, 0) is 0 Å². The van der Waals surface area contributed by atoms with Crippen molar-refractivity contribution in [1.29, 1.82) is 0 Å². The second kappa shape index (κ2) is 18.9. The third-order valence-electron chi connectivity index (χ3n) is 14.9. The van der Waals surface area contributed by atoms with Crippen LogP contribution in [0.5, 0.6) is 0 Å². The third-order valence-corrected chi connectivity index (χ3v) is 29.1. The molecule has 8 rings (SSSR count). The summed E-state index contributed by atoms with van der Waals surface area (Å²) < 4.78 is 7.24. The molecule has 3 aromatic carbocycles. The molecule has 0 amide bonds. The van der Waals surface area contributed by atoms with Crippen molar-refractivity contribution in [3.8, 4) is 0 Å². The van der Waals surface area contributed by atoms with Crippen LogP contribution in [-0.2, 0) is 21.7 Å². The van der Waals surface area contributed by atoms with Crippen molar-refractivity contribution in [2.45, 2.75) is 165 Å². The summed E-state index contributed by atoms with van der Waals surface area (Å²) in [7, 11) is 0. The Morgan fingerprint density at radius 2 is 0.899 bits per heavy atom. The van der Waals surface area contributed by atoms with Crippen molar-refractivity contribution in [2.75, 3.05) is 0 Å². The summed E-state index contributed by atoms with van der Waals surface area (Å²) in [6, 6.07) is 39.6. The molecule has 0 saturated heterocycles. The molecule has 7 aromatic rings. The average Bonchev–Trinajstić information content (AvgIpc) is 4.15. The Bertz CT molecular complexity index is 2690. The van der Waals surface area contributed by atoms with E-state index in [9.17, 15) is 0 Å². The van der Waals surface area contributed by atoms with Crippen molar-refractivity contribution in [1.82, 2.24) is 15.5 Å². The molecule has 0 atom stereocenters. The number of benzene rings is 3. The molecule has 0 fully saturated rings. The summed E-state index contributed by atoms with van der Waals surface area (Å²) in [6.45, 7) is 31.4. The van der Waals surface area contributed by atoms with Crippen LogP contribution in [0, 0.1) is 0 Å². The summed E-state index contributed by atoms with van der Waals surface area (Å²) in [4.78, 5) is 38.7. The monoisotopic (exact) mass is 1030 g/mol. The van der Waals surface area contributed by atoms with Crippen LogP contribution in [0.25, 0.3) is 0 Å². The number of rotatable bonds is 14. The van der Waals surface area contributed by atoms with E-state index in [4.69, 9.17) is 0 Å². The first-order valence-corrected chi connectivity index (χ1v) is 32.3. The van der Waals surface area contributed by atoms with Crippen LogP contribution in [-0.4, -0.2) is 46.0 Å². The maximum atomic E-state index is 15.8. The quantitative estimate of drug-likeness (QED) is 0.0841. The van der Waals surface area contributed by atoms with Gasteiger partial charge in [0, 0.05) is 0 Å². The predicted octanol–water partition coefficient (Wildman–Crippen LogP) is 15.7. The van der Waals surface area contributed by atoms with E-state index >= 15 is 9.59 Å². The number of ketones is 2. The number of carbonyl (C=O) groups is 2. The van der Waals surface area contributed by atoms with Gasteiger partial charge in [0.1, 0.15) is 0 Å². The van der Waals surface area contributed by atoms with Crippen molar-refractivity contribution in [2.24, 2.45) is 0 Å². The summed E-state index contributed by atoms with van der Waals surface area (Å²) in [5.74, 6) is -0.0668. The Morgan fingerprint density at radius 1 is 0.522 bits per heavy atom. The number of hydrogen-bond donors (Lipinski definition) is 2. The normalized spacial score (nSPS) is 14.3. The summed E-state index contributed by atoms with van der Waals surface area (Å²) >= 11 is -4.22. The number of nitrogens with zero attached hydrogens (tertiary/aromatic N) is 2. The Balaban J connectivity index is 1.41. The number of hydrogen-bond acceptors (Lipinski definition) is 2. The molecule has 0 saturated carbocycles. The SMILES string of the molecule is CCC[CH2][Sn]1([CH2]CCC)[n]2c(C(=O)c3cc(C(C)(C)C)cc(C(C)(C)C)c3)ccc2C(c2ccc(C(c3ccc[nH]3)c3ccc[nH]3)cc2)c2ccc(C(=O)c3cc(C(C)(C)C)cc(C(C)(C)C)c3)[n]21. The fourth-order valence-electron chi connectivity index (χ4n) is 10.7. The van der Waals surface area contributed by atoms with Crippen LogP contribution in [0.15, 0.2) is 122 Å². The van der Waals surface area contributed by atoms with Gasteiger partial charge in [-0.2, -0.15) is 0 Å². The third kappa shape index (κ3) is 9.73. The van der Waals surface area contributed by atoms with Gasteiger partial charge in [-0.3, -0.25) is 0 Å². The molecule has 2 N–H and O–H groups in total. The number of nitrogens with one attached hydrogen (secondary N) is 2. The molecule has 69 heavy (non-hydrogen) atoms. The van der Waals surface area contributed by atoms with Gasteiger partial charge < -0.3 is 0 Å². The van der Waals surface area contributed by atoms with Gasteiger partial charge in [-0.15, -0.1) is 0 Å². The van der Waals surface area contributed by atoms with E-state index < -0.39 is 18.9 Å². The van der Waals surface area contributed by atoms with Gasteiger partial charge in [0.05, 0.1) is 0 Å². The van der Waals surface area contributed by atoms with E-state index in [1.807, 2.05) is 12.4 Å². The van der Waals surface area contributed by atoms with Crippen molar-refractivity contribution in [3.05, 3.63) is 200 Å². The van der Waals surface area contributed by atoms with E-state index in [0.717, 1.165) is 96.3 Å². The van der Waals surface area contributed by atoms with E-state index in [1.165, 1.54) is 17.0 Å². The van der Waals surface area contributed by atoms with Crippen LogP contribution in [0.4, 0.5) is 0 Å². The Labute approximate surface area is 418 Å². The van der Waals surface area contributed by atoms with Crippen LogP contribution in [0.1, 0.15) is 223 Å². The second-order valence-electron chi connectivity index (χ2n) is 24.2. The standard InChI is InChI=1S/C54H62N4O2.2C4H9.Sn/c1-51(2,3)37-27-35(28-38(31-37)52(4,5)6)49(59)45-23-21-43(57-45)48(34-19-17-33(18-20-34)47(41-15-13-25-55-41)42-16-14-26-56-42)44-22-24-46(58-44)50(60)36-29-39(53(7,8)9)32-40(30-36)54(10,11)12;2*1-3-4-2;/h13-32,47-48,55-56H,1-12H3,(H2,57,58,59,60);2*1,3-4H2,2H3;/q;;;+2/p-2. The van der Waals surface area contributed by atoms with Gasteiger partial charge in [0.2, 0.25) is 0 Å². The molecule has 6 nitrogen and oxygen atoms in total. The van der Waals surface area contributed by atoms with Crippen molar-refractivity contribution >= 4 is 30.5 Å². The van der Waals surface area contributed by atoms with E-state index in [-0.39, 0.29) is 45.1 Å². The minimum atomic E-state index is -4.22. The molecule has 4 aromatic heterocycles. The van der Waals surface area contributed by atoms with Gasteiger partial charge in [0.15, 0.2) is 0 Å². The maximum absolute atomic E-state index is 15.8. The topological polar surface area (TPSA) is 75.6 Å². The second-order valence-corrected chi connectivity index (χ2v) is 35.2. The summed E-state index contributed by atoms with van der Waals surface area (Å²) in [5.41, 5.74) is 14.0. The predicted molar refractivity (Wildman–Crippen MR) is 289 cm³/mol. The number of aromatic amines is 2. The number of carbonyl (C=O) groups excluding carboxylic acids is 2. The molecule has 0 bridgehead atoms. The first-order valence-electron chi connectivity index (χ1n) is 25.7. The molecule has 1 aliphatic rings. The molecule has 0 unspecified atom stereocenters. The Kier molecular flexibility index (Phi) is 13.8. The Morgan fingerprint density at radius 3 is 1.22 bits per heavy atom. The zero-order chi connectivity index (χ0) is 49.8. The van der Waals surface area contributed by atoms with Gasteiger partial charge >= 0.3 is 421 Å². The van der Waals surface area contributed by atoms with Crippen molar-refractivity contribution in [3.63, 3.8) is 0 Å². The Hall–Kier alpha value is -5.08. The summed E-state index contributed by atoms with van der Waals surface area (Å²) in [6.07, 6.45) is 8.09. The number of fused-ring (bicyclic) bond motifs is 2. The summed E-state index contributed by atoms with van der Waals surface area (Å²) in [5, 5.41) is 0. The van der Waals surface area contributed by atoms with Gasteiger partial charge in [-0.25, -0.2) is 0 Å². The molecule has 0 spiro atoms. The van der Waals surface area contributed by atoms with E-state index in [2.05, 4.69) is 222 Å². The van der Waals surface area contributed by atoms with Gasteiger partial charge in [0.25, 0.3) is 0 Å². The molecular formula is C62H78N4O2Sn. The molecule has 5 heterocycles. The molecule has 0 aliphatic carbocycles. The van der Waals surface area contributed by atoms with E-state index in [1.54, 1.807) is 0 Å². The van der Waals surface area contributed by atoms with E-state index in [0.29, 0.717) is 0 Å². The van der Waals surface area contributed by atoms with Crippen LogP contribution in [0.3, 0.4) is 0 Å². The minimum absolute atomic E-state index is 0.00668. The molecule has 362 valence electrons. The first kappa shape index (κ1) is 50.3. The first-order chi connectivity index (χ1) is 32.5. The van der Waals surface area contributed by atoms with Crippen molar-refractivity contribution < 1.29 is 9.59 Å². The average molecular weight is 1030 g/mol. The zero-order valence-electron chi connectivity index (χ0n) is 44.2. The van der Waals surface area contributed by atoms with Crippen LogP contribution >= 0.6 is 0 Å². The van der Waals surface area contributed by atoms with Crippen LogP contribution < -0.4 is 0 Å². The van der Waals surface area contributed by atoms with Gasteiger partial charge in [-0.1, -0.05) is 0 Å². The fraction of sp³-hybridized carbons (Fsp3) is 0.419. The van der Waals surface area contributed by atoms with Crippen LogP contribution in [0.2, 0.25) is 8.87 Å².